The van der Waals surface area contributed by atoms with Gasteiger partial charge < -0.3 is 10.2 Å². The van der Waals surface area contributed by atoms with Crippen LogP contribution in [-0.2, 0) is 17.8 Å². The lowest BCUT2D eigenvalue weighted by Crippen LogP contribution is -2.39. The number of fused-ring (bicyclic) bond motifs is 1. The second-order valence-electron chi connectivity index (χ2n) is 5.44. The van der Waals surface area contributed by atoms with Gasteiger partial charge in [0.2, 0.25) is 5.91 Å². The molecule has 0 bridgehead atoms. The van der Waals surface area contributed by atoms with Gasteiger partial charge in [0, 0.05) is 30.7 Å². The molecule has 0 aliphatic carbocycles. The lowest BCUT2D eigenvalue weighted by atomic mass is 10.1. The van der Waals surface area contributed by atoms with E-state index in [2.05, 4.69) is 40.3 Å². The highest BCUT2D eigenvalue weighted by Crippen LogP contribution is 2.31. The zero-order chi connectivity index (χ0) is 14.7. The van der Waals surface area contributed by atoms with E-state index < -0.39 is 0 Å². The zero-order valence-electron chi connectivity index (χ0n) is 12.1. The Balaban J connectivity index is 1.60. The SMILES string of the molecule is CC1Cc2ccccc2N1CC(=O)NCc1ccncc1. The molecule has 0 fully saturated rings. The van der Waals surface area contributed by atoms with E-state index in [0.29, 0.717) is 19.1 Å². The number of carbonyl (C=O) groups is 1. The molecule has 108 valence electrons. The normalized spacial score (nSPS) is 16.6. The Morgan fingerprint density at radius 2 is 2.05 bits per heavy atom. The van der Waals surface area contributed by atoms with Gasteiger partial charge in [-0.3, -0.25) is 9.78 Å². The third-order valence-corrected chi connectivity index (χ3v) is 3.90. The average molecular weight is 281 g/mol. The van der Waals surface area contributed by atoms with Gasteiger partial charge >= 0.3 is 0 Å². The predicted molar refractivity (Wildman–Crippen MR) is 83.0 cm³/mol. The summed E-state index contributed by atoms with van der Waals surface area (Å²) in [6.45, 7) is 3.12. The van der Waals surface area contributed by atoms with E-state index in [0.717, 1.165) is 12.0 Å². The van der Waals surface area contributed by atoms with Crippen LogP contribution in [0.5, 0.6) is 0 Å². The number of amides is 1. The molecule has 0 spiro atoms. The Kier molecular flexibility index (Phi) is 3.86. The minimum absolute atomic E-state index is 0.0513. The minimum atomic E-state index is 0.0513. The third kappa shape index (κ3) is 3.05. The number of rotatable bonds is 4. The number of para-hydroxylation sites is 1. The van der Waals surface area contributed by atoms with Crippen LogP contribution >= 0.6 is 0 Å². The first-order valence-corrected chi connectivity index (χ1v) is 7.24. The first-order valence-electron chi connectivity index (χ1n) is 7.24. The quantitative estimate of drug-likeness (QED) is 0.934. The van der Waals surface area contributed by atoms with E-state index in [-0.39, 0.29) is 5.91 Å². The molecule has 0 saturated carbocycles. The number of pyridine rings is 1. The van der Waals surface area contributed by atoms with Crippen molar-refractivity contribution >= 4 is 11.6 Å². The molecule has 1 N–H and O–H groups in total. The molecule has 0 radical (unpaired) electrons. The van der Waals surface area contributed by atoms with Crippen molar-refractivity contribution in [2.45, 2.75) is 25.9 Å². The second-order valence-corrected chi connectivity index (χ2v) is 5.44. The fourth-order valence-corrected chi connectivity index (χ4v) is 2.78. The molecule has 0 saturated heterocycles. The van der Waals surface area contributed by atoms with Gasteiger partial charge in [0.1, 0.15) is 0 Å². The van der Waals surface area contributed by atoms with Gasteiger partial charge in [-0.2, -0.15) is 0 Å². The Labute approximate surface area is 124 Å². The zero-order valence-corrected chi connectivity index (χ0v) is 12.1. The molecular weight excluding hydrogens is 262 g/mol. The smallest absolute Gasteiger partial charge is 0.239 e. The maximum Gasteiger partial charge on any atom is 0.239 e. The number of aromatic nitrogens is 1. The Morgan fingerprint density at radius 1 is 1.29 bits per heavy atom. The molecule has 1 aliphatic rings. The van der Waals surface area contributed by atoms with E-state index >= 15 is 0 Å². The van der Waals surface area contributed by atoms with E-state index in [1.807, 2.05) is 18.2 Å². The summed E-state index contributed by atoms with van der Waals surface area (Å²) in [6, 6.07) is 12.5. The van der Waals surface area contributed by atoms with Gasteiger partial charge in [-0.15, -0.1) is 0 Å². The number of nitrogens with zero attached hydrogens (tertiary/aromatic N) is 2. The summed E-state index contributed by atoms with van der Waals surface area (Å²) in [5, 5.41) is 2.97. The summed E-state index contributed by atoms with van der Waals surface area (Å²) in [4.78, 5) is 18.3. The van der Waals surface area contributed by atoms with Crippen molar-refractivity contribution < 1.29 is 4.79 Å². The lowest BCUT2D eigenvalue weighted by molar-refractivity contribution is -0.120. The summed E-state index contributed by atoms with van der Waals surface area (Å²) >= 11 is 0. The highest BCUT2D eigenvalue weighted by atomic mass is 16.2. The van der Waals surface area contributed by atoms with Crippen molar-refractivity contribution in [1.82, 2.24) is 10.3 Å². The molecule has 1 aromatic carbocycles. The number of hydrogen-bond acceptors (Lipinski definition) is 3. The molecule has 2 heterocycles. The van der Waals surface area contributed by atoms with Crippen LogP contribution in [0.15, 0.2) is 48.8 Å². The molecule has 4 nitrogen and oxygen atoms in total. The number of hydrogen-bond donors (Lipinski definition) is 1. The van der Waals surface area contributed by atoms with Crippen LogP contribution in [0, 0.1) is 0 Å². The summed E-state index contributed by atoms with van der Waals surface area (Å²) < 4.78 is 0. The van der Waals surface area contributed by atoms with Gasteiger partial charge in [0.15, 0.2) is 0 Å². The average Bonchev–Trinajstić information content (AvgIpc) is 2.82. The molecule has 3 rings (SSSR count). The van der Waals surface area contributed by atoms with Gasteiger partial charge in [-0.1, -0.05) is 18.2 Å². The van der Waals surface area contributed by atoms with Crippen molar-refractivity contribution in [1.29, 1.82) is 0 Å². The Morgan fingerprint density at radius 3 is 2.86 bits per heavy atom. The van der Waals surface area contributed by atoms with E-state index in [9.17, 15) is 4.79 Å². The van der Waals surface area contributed by atoms with E-state index in [1.54, 1.807) is 12.4 Å². The standard InChI is InChI=1S/C17H19N3O/c1-13-10-15-4-2-3-5-16(15)20(13)12-17(21)19-11-14-6-8-18-9-7-14/h2-9,13H,10-12H2,1H3,(H,19,21). The van der Waals surface area contributed by atoms with Crippen LogP contribution in [0.2, 0.25) is 0 Å². The van der Waals surface area contributed by atoms with Crippen molar-refractivity contribution in [2.24, 2.45) is 0 Å². The van der Waals surface area contributed by atoms with Crippen molar-refractivity contribution in [3.05, 3.63) is 59.9 Å². The Hall–Kier alpha value is -2.36. The molecule has 21 heavy (non-hydrogen) atoms. The fourth-order valence-electron chi connectivity index (χ4n) is 2.78. The summed E-state index contributed by atoms with van der Waals surface area (Å²) in [5.41, 5.74) is 3.57. The van der Waals surface area contributed by atoms with Crippen molar-refractivity contribution in [3.8, 4) is 0 Å². The van der Waals surface area contributed by atoms with Gasteiger partial charge in [0.25, 0.3) is 0 Å². The fraction of sp³-hybridized carbons (Fsp3) is 0.294. The molecular formula is C17H19N3O. The van der Waals surface area contributed by atoms with E-state index in [1.165, 1.54) is 11.3 Å². The highest BCUT2D eigenvalue weighted by Gasteiger charge is 2.26. The van der Waals surface area contributed by atoms with Crippen molar-refractivity contribution in [3.63, 3.8) is 0 Å². The molecule has 4 heteroatoms. The number of carbonyl (C=O) groups excluding carboxylic acids is 1. The van der Waals surface area contributed by atoms with Crippen LogP contribution in [-0.4, -0.2) is 23.5 Å². The number of nitrogens with one attached hydrogen (secondary N) is 1. The lowest BCUT2D eigenvalue weighted by Gasteiger charge is -2.24. The largest absolute Gasteiger partial charge is 0.359 e. The van der Waals surface area contributed by atoms with Crippen LogP contribution in [0.4, 0.5) is 5.69 Å². The van der Waals surface area contributed by atoms with Crippen LogP contribution in [0.25, 0.3) is 0 Å². The van der Waals surface area contributed by atoms with Gasteiger partial charge in [-0.25, -0.2) is 0 Å². The molecule has 2 aromatic rings. The Bertz CT molecular complexity index is 627. The van der Waals surface area contributed by atoms with Crippen LogP contribution in [0.3, 0.4) is 0 Å². The first kappa shape index (κ1) is 13.6. The predicted octanol–water partition coefficient (Wildman–Crippen LogP) is 2.15. The number of anilines is 1. The summed E-state index contributed by atoms with van der Waals surface area (Å²) in [5.74, 6) is 0.0513. The highest BCUT2D eigenvalue weighted by molar-refractivity contribution is 5.82. The molecule has 1 amide bonds. The maximum atomic E-state index is 12.2. The third-order valence-electron chi connectivity index (χ3n) is 3.90. The van der Waals surface area contributed by atoms with Gasteiger partial charge in [-0.05, 0) is 42.7 Å². The van der Waals surface area contributed by atoms with Crippen LogP contribution in [0.1, 0.15) is 18.1 Å². The summed E-state index contributed by atoms with van der Waals surface area (Å²) in [6.07, 6.45) is 4.48. The van der Waals surface area contributed by atoms with Gasteiger partial charge in [0.05, 0.1) is 6.54 Å². The molecule has 1 aromatic heterocycles. The summed E-state index contributed by atoms with van der Waals surface area (Å²) in [7, 11) is 0. The van der Waals surface area contributed by atoms with E-state index in [4.69, 9.17) is 0 Å². The monoisotopic (exact) mass is 281 g/mol. The molecule has 1 unspecified atom stereocenters. The maximum absolute atomic E-state index is 12.2. The minimum Gasteiger partial charge on any atom is -0.359 e. The molecule has 1 atom stereocenters. The van der Waals surface area contributed by atoms with Crippen molar-refractivity contribution in [2.75, 3.05) is 11.4 Å². The van der Waals surface area contributed by atoms with Crippen LogP contribution < -0.4 is 10.2 Å². The second kappa shape index (κ2) is 5.95. The first-order chi connectivity index (χ1) is 10.2. The molecule has 1 aliphatic heterocycles. The topological polar surface area (TPSA) is 45.2 Å². The number of benzene rings is 1.